The largest absolute Gasteiger partial charge is 0.477 e. The van der Waals surface area contributed by atoms with Crippen LogP contribution in [0.4, 0.5) is 0 Å². The summed E-state index contributed by atoms with van der Waals surface area (Å²) in [5, 5.41) is 11.8. The number of carboxylic acids is 1. The van der Waals surface area contributed by atoms with Gasteiger partial charge in [-0.2, -0.15) is 0 Å². The Balaban J connectivity index is 2.31. The molecule has 2 heterocycles. The van der Waals surface area contributed by atoms with Crippen LogP contribution in [-0.4, -0.2) is 16.1 Å². The van der Waals surface area contributed by atoms with Crippen LogP contribution in [0.2, 0.25) is 0 Å². The number of aryl methyl sites for hydroxylation is 1. The van der Waals surface area contributed by atoms with Crippen LogP contribution in [0.5, 0.6) is 0 Å². The molecule has 0 spiro atoms. The van der Waals surface area contributed by atoms with Gasteiger partial charge in [0, 0.05) is 11.3 Å². The number of nitrogens with zero attached hydrogens (tertiary/aromatic N) is 1. The van der Waals surface area contributed by atoms with Crippen LogP contribution in [0.3, 0.4) is 0 Å². The summed E-state index contributed by atoms with van der Waals surface area (Å²) in [6.45, 7) is 1.83. The topological polar surface area (TPSA) is 50.2 Å². The minimum Gasteiger partial charge on any atom is -0.477 e. The van der Waals surface area contributed by atoms with Gasteiger partial charge in [-0.1, -0.05) is 6.07 Å². The zero-order valence-corrected chi connectivity index (χ0v) is 9.69. The van der Waals surface area contributed by atoms with E-state index in [1.807, 2.05) is 24.4 Å². The molecule has 0 saturated carbocycles. The monoisotopic (exact) mass is 239 g/mol. The molecule has 0 aliphatic heterocycles. The predicted molar refractivity (Wildman–Crippen MR) is 60.9 cm³/mol. The molecule has 2 aromatic rings. The number of hydrogen-bond acceptors (Lipinski definition) is 4. The van der Waals surface area contributed by atoms with E-state index in [1.54, 1.807) is 11.3 Å². The second kappa shape index (κ2) is 4.12. The van der Waals surface area contributed by atoms with Gasteiger partial charge in [-0.15, -0.1) is 22.7 Å². The van der Waals surface area contributed by atoms with E-state index in [2.05, 4.69) is 4.98 Å². The summed E-state index contributed by atoms with van der Waals surface area (Å²) in [5.41, 5.74) is 0.674. The highest BCUT2D eigenvalue weighted by atomic mass is 32.1. The number of carboxylic acid groups (broad SMARTS) is 1. The average Bonchev–Trinajstić information content (AvgIpc) is 2.75. The first-order chi connectivity index (χ1) is 7.16. The molecular formula is C10H9NO2S2. The van der Waals surface area contributed by atoms with E-state index in [1.165, 1.54) is 11.3 Å². The smallest absolute Gasteiger partial charge is 0.347 e. The zero-order chi connectivity index (χ0) is 10.8. The van der Waals surface area contributed by atoms with Crippen molar-refractivity contribution >= 4 is 28.6 Å². The lowest BCUT2D eigenvalue weighted by atomic mass is 10.2. The third kappa shape index (κ3) is 2.24. The molecule has 15 heavy (non-hydrogen) atoms. The van der Waals surface area contributed by atoms with Gasteiger partial charge >= 0.3 is 5.97 Å². The van der Waals surface area contributed by atoms with Crippen molar-refractivity contribution in [3.05, 3.63) is 38.0 Å². The van der Waals surface area contributed by atoms with Gasteiger partial charge in [0.25, 0.3) is 0 Å². The van der Waals surface area contributed by atoms with Crippen LogP contribution >= 0.6 is 22.7 Å². The molecular weight excluding hydrogens is 230 g/mol. The van der Waals surface area contributed by atoms with Crippen molar-refractivity contribution in [3.8, 4) is 0 Å². The second-order valence-corrected chi connectivity index (χ2v) is 5.31. The summed E-state index contributed by atoms with van der Waals surface area (Å²) in [7, 11) is 0. The Hall–Kier alpha value is -1.20. The summed E-state index contributed by atoms with van der Waals surface area (Å²) in [6, 6.07) is 3.95. The first-order valence-electron chi connectivity index (χ1n) is 4.39. The number of rotatable bonds is 3. The lowest BCUT2D eigenvalue weighted by Crippen LogP contribution is -1.98. The average molecular weight is 239 g/mol. The number of thiazole rings is 1. The first kappa shape index (κ1) is 10.3. The number of hydrogen-bond donors (Lipinski definition) is 1. The second-order valence-electron chi connectivity index (χ2n) is 3.07. The molecule has 1 N–H and O–H groups in total. The molecule has 78 valence electrons. The highest BCUT2D eigenvalue weighted by Crippen LogP contribution is 2.22. The Labute approximate surface area is 95.0 Å². The Morgan fingerprint density at radius 2 is 2.40 bits per heavy atom. The molecule has 5 heteroatoms. The van der Waals surface area contributed by atoms with Crippen molar-refractivity contribution in [3.63, 3.8) is 0 Å². The Bertz CT molecular complexity index is 474. The van der Waals surface area contributed by atoms with Crippen LogP contribution in [-0.2, 0) is 6.42 Å². The fourth-order valence-electron chi connectivity index (χ4n) is 1.34. The molecule has 2 rings (SSSR count). The molecule has 2 aromatic heterocycles. The van der Waals surface area contributed by atoms with E-state index >= 15 is 0 Å². The maximum absolute atomic E-state index is 10.9. The molecule has 0 fully saturated rings. The zero-order valence-electron chi connectivity index (χ0n) is 8.06. The van der Waals surface area contributed by atoms with Crippen molar-refractivity contribution in [2.75, 3.05) is 0 Å². The third-order valence-electron chi connectivity index (χ3n) is 1.92. The maximum Gasteiger partial charge on any atom is 0.347 e. The van der Waals surface area contributed by atoms with Gasteiger partial charge in [0.15, 0.2) is 0 Å². The van der Waals surface area contributed by atoms with Crippen LogP contribution in [0, 0.1) is 6.92 Å². The molecule has 0 aliphatic rings. The first-order valence-corrected chi connectivity index (χ1v) is 6.08. The van der Waals surface area contributed by atoms with Crippen molar-refractivity contribution in [1.82, 2.24) is 4.98 Å². The van der Waals surface area contributed by atoms with Crippen LogP contribution in [0.25, 0.3) is 0 Å². The van der Waals surface area contributed by atoms with Crippen LogP contribution in [0.1, 0.15) is 25.3 Å². The molecule has 0 bridgehead atoms. The van der Waals surface area contributed by atoms with E-state index < -0.39 is 5.97 Å². The molecule has 0 saturated heterocycles. The summed E-state index contributed by atoms with van der Waals surface area (Å²) >= 11 is 2.86. The van der Waals surface area contributed by atoms with Crippen molar-refractivity contribution in [2.24, 2.45) is 0 Å². The standard InChI is InChI=1S/C10H9NO2S2/c1-6-11-8(9(15-6)10(12)13)5-7-3-2-4-14-7/h2-4H,5H2,1H3,(H,12,13). The molecule has 0 unspecified atom stereocenters. The Morgan fingerprint density at radius 3 is 3.00 bits per heavy atom. The summed E-state index contributed by atoms with van der Waals surface area (Å²) in [5.74, 6) is -0.882. The van der Waals surface area contributed by atoms with Crippen molar-refractivity contribution in [1.29, 1.82) is 0 Å². The quantitative estimate of drug-likeness (QED) is 0.896. The van der Waals surface area contributed by atoms with E-state index in [9.17, 15) is 4.79 Å². The summed E-state index contributed by atoms with van der Waals surface area (Å²) in [6.07, 6.45) is 0.615. The van der Waals surface area contributed by atoms with Crippen molar-refractivity contribution in [2.45, 2.75) is 13.3 Å². The lowest BCUT2D eigenvalue weighted by molar-refractivity contribution is 0.0701. The van der Waals surface area contributed by atoms with Gasteiger partial charge in [0.2, 0.25) is 0 Å². The van der Waals surface area contributed by atoms with Crippen molar-refractivity contribution < 1.29 is 9.90 Å². The minimum absolute atomic E-state index is 0.362. The molecule has 0 aromatic carbocycles. The van der Waals surface area contributed by atoms with Crippen LogP contribution < -0.4 is 0 Å². The fraction of sp³-hybridized carbons (Fsp3) is 0.200. The lowest BCUT2D eigenvalue weighted by Gasteiger charge is -1.95. The number of aromatic nitrogens is 1. The third-order valence-corrected chi connectivity index (χ3v) is 3.80. The number of carbonyl (C=O) groups is 1. The highest BCUT2D eigenvalue weighted by molar-refractivity contribution is 7.13. The molecule has 0 amide bonds. The SMILES string of the molecule is Cc1nc(Cc2cccs2)c(C(=O)O)s1. The van der Waals surface area contributed by atoms with E-state index in [4.69, 9.17) is 5.11 Å². The van der Waals surface area contributed by atoms with Gasteiger partial charge < -0.3 is 5.11 Å². The van der Waals surface area contributed by atoms with E-state index in [0.717, 1.165) is 9.88 Å². The summed E-state index contributed by atoms with van der Waals surface area (Å²) < 4.78 is 0. The van der Waals surface area contributed by atoms with Gasteiger partial charge in [-0.05, 0) is 18.4 Å². The molecule has 3 nitrogen and oxygen atoms in total. The molecule has 0 aliphatic carbocycles. The summed E-state index contributed by atoms with van der Waals surface area (Å²) in [4.78, 5) is 16.7. The predicted octanol–water partition coefficient (Wildman–Crippen LogP) is 2.80. The highest BCUT2D eigenvalue weighted by Gasteiger charge is 2.15. The molecule has 0 atom stereocenters. The Kier molecular flexibility index (Phi) is 2.83. The van der Waals surface area contributed by atoms with Crippen LogP contribution in [0.15, 0.2) is 17.5 Å². The van der Waals surface area contributed by atoms with E-state index in [0.29, 0.717) is 17.0 Å². The van der Waals surface area contributed by atoms with Gasteiger partial charge in [-0.3, -0.25) is 0 Å². The van der Waals surface area contributed by atoms with Gasteiger partial charge in [-0.25, -0.2) is 9.78 Å². The number of thiophene rings is 1. The van der Waals surface area contributed by atoms with E-state index in [-0.39, 0.29) is 0 Å². The fourth-order valence-corrected chi connectivity index (χ4v) is 2.82. The van der Waals surface area contributed by atoms with Gasteiger partial charge in [0.05, 0.1) is 10.7 Å². The maximum atomic E-state index is 10.9. The Morgan fingerprint density at radius 1 is 1.60 bits per heavy atom. The number of aromatic carboxylic acids is 1. The normalized spacial score (nSPS) is 10.5. The van der Waals surface area contributed by atoms with Gasteiger partial charge in [0.1, 0.15) is 4.88 Å². The minimum atomic E-state index is -0.882. The molecule has 0 radical (unpaired) electrons.